The summed E-state index contributed by atoms with van der Waals surface area (Å²) >= 11 is 0. The largest absolute Gasteiger partial charge is 0.341 e. The highest BCUT2D eigenvalue weighted by Crippen LogP contribution is 2.14. The van der Waals surface area contributed by atoms with Crippen LogP contribution in [0.2, 0.25) is 0 Å². The summed E-state index contributed by atoms with van der Waals surface area (Å²) in [7, 11) is 0. The number of nitrogens with one attached hydrogen (secondary N) is 1. The zero-order chi connectivity index (χ0) is 15.3. The predicted octanol–water partition coefficient (Wildman–Crippen LogP) is 4.12. The van der Waals surface area contributed by atoms with Gasteiger partial charge in [-0.15, -0.1) is 0 Å². The van der Waals surface area contributed by atoms with Gasteiger partial charge in [0.1, 0.15) is 0 Å². The molecular formula is C18H36N2O. The zero-order valence-corrected chi connectivity index (χ0v) is 14.3. The summed E-state index contributed by atoms with van der Waals surface area (Å²) in [6, 6.07) is 0.0905. The van der Waals surface area contributed by atoms with Crippen molar-refractivity contribution in [3.05, 3.63) is 0 Å². The van der Waals surface area contributed by atoms with E-state index in [2.05, 4.69) is 24.1 Å². The van der Waals surface area contributed by atoms with E-state index in [1.54, 1.807) is 0 Å². The van der Waals surface area contributed by atoms with Gasteiger partial charge in [-0.1, -0.05) is 58.8 Å². The first kappa shape index (κ1) is 18.5. The van der Waals surface area contributed by atoms with E-state index in [4.69, 9.17) is 0 Å². The lowest BCUT2D eigenvalue weighted by Gasteiger charge is -2.32. The molecule has 0 bridgehead atoms. The third-order valence-electron chi connectivity index (χ3n) is 4.45. The lowest BCUT2D eigenvalue weighted by molar-refractivity contribution is -0.136. The molecule has 1 amide bonds. The highest BCUT2D eigenvalue weighted by molar-refractivity contribution is 5.82. The fraction of sp³-hybridized carbons (Fsp3) is 0.944. The quantitative estimate of drug-likeness (QED) is 0.549. The maximum absolute atomic E-state index is 12.3. The van der Waals surface area contributed by atoms with E-state index in [-0.39, 0.29) is 6.04 Å². The molecule has 1 saturated heterocycles. The molecule has 1 unspecified atom stereocenters. The van der Waals surface area contributed by atoms with Gasteiger partial charge >= 0.3 is 0 Å². The van der Waals surface area contributed by atoms with Crippen LogP contribution in [0.3, 0.4) is 0 Å². The maximum atomic E-state index is 12.3. The van der Waals surface area contributed by atoms with Gasteiger partial charge in [-0.25, -0.2) is 0 Å². The Morgan fingerprint density at radius 3 is 2.33 bits per heavy atom. The Morgan fingerprint density at radius 2 is 1.67 bits per heavy atom. The highest BCUT2D eigenvalue weighted by Gasteiger charge is 2.27. The van der Waals surface area contributed by atoms with Crippen molar-refractivity contribution in [2.45, 2.75) is 90.5 Å². The molecular weight excluding hydrogens is 260 g/mol. The Balaban J connectivity index is 2.06. The van der Waals surface area contributed by atoms with Gasteiger partial charge in [0.05, 0.1) is 6.04 Å². The van der Waals surface area contributed by atoms with E-state index in [0.717, 1.165) is 38.9 Å². The smallest absolute Gasteiger partial charge is 0.239 e. The summed E-state index contributed by atoms with van der Waals surface area (Å²) < 4.78 is 0. The Morgan fingerprint density at radius 1 is 1.00 bits per heavy atom. The second kappa shape index (κ2) is 12.0. The zero-order valence-electron chi connectivity index (χ0n) is 14.3. The van der Waals surface area contributed by atoms with Crippen LogP contribution >= 0.6 is 0 Å². The van der Waals surface area contributed by atoms with E-state index in [1.807, 2.05) is 0 Å². The summed E-state index contributed by atoms with van der Waals surface area (Å²) in [6.45, 7) is 7.32. The van der Waals surface area contributed by atoms with Crippen LogP contribution in [0.5, 0.6) is 0 Å². The topological polar surface area (TPSA) is 32.3 Å². The molecule has 1 atom stereocenters. The third kappa shape index (κ3) is 7.85. The number of carbonyl (C=O) groups is 1. The fourth-order valence-electron chi connectivity index (χ4n) is 3.11. The average Bonchev–Trinajstić information content (AvgIpc) is 2.50. The number of piperidine rings is 1. The highest BCUT2D eigenvalue weighted by atomic mass is 16.2. The molecule has 124 valence electrons. The van der Waals surface area contributed by atoms with Crippen LogP contribution in [0.1, 0.15) is 84.5 Å². The van der Waals surface area contributed by atoms with Crippen molar-refractivity contribution in [1.82, 2.24) is 10.2 Å². The number of likely N-dealkylation sites (tertiary alicyclic amines) is 1. The van der Waals surface area contributed by atoms with Gasteiger partial charge in [0.15, 0.2) is 0 Å². The SMILES string of the molecule is CCCCCCCCCCN1CCCC(NCCC)C1=O. The van der Waals surface area contributed by atoms with E-state index in [9.17, 15) is 4.79 Å². The van der Waals surface area contributed by atoms with Crippen LogP contribution in [0.15, 0.2) is 0 Å². The van der Waals surface area contributed by atoms with E-state index in [1.165, 1.54) is 51.4 Å². The molecule has 0 spiro atoms. The standard InChI is InChI=1S/C18H36N2O/c1-3-5-6-7-8-9-10-11-15-20-16-12-13-17(18(20)21)19-14-4-2/h17,19H,3-16H2,1-2H3. The molecule has 3 heteroatoms. The van der Waals surface area contributed by atoms with Gasteiger partial charge < -0.3 is 10.2 Å². The number of rotatable bonds is 12. The molecule has 1 heterocycles. The van der Waals surface area contributed by atoms with E-state index < -0.39 is 0 Å². The summed E-state index contributed by atoms with van der Waals surface area (Å²) in [5.41, 5.74) is 0. The van der Waals surface area contributed by atoms with Crippen LogP contribution in [0, 0.1) is 0 Å². The first-order chi connectivity index (χ1) is 10.3. The minimum atomic E-state index is 0.0905. The molecule has 0 aromatic heterocycles. The lowest BCUT2D eigenvalue weighted by atomic mass is 10.0. The number of hydrogen-bond acceptors (Lipinski definition) is 2. The normalized spacial score (nSPS) is 19.2. The van der Waals surface area contributed by atoms with Crippen molar-refractivity contribution < 1.29 is 4.79 Å². The first-order valence-corrected chi connectivity index (χ1v) is 9.31. The number of unbranched alkanes of at least 4 members (excludes halogenated alkanes) is 7. The molecule has 1 rings (SSSR count). The Kier molecular flexibility index (Phi) is 10.6. The molecule has 1 aliphatic rings. The Bertz CT molecular complexity index is 268. The van der Waals surface area contributed by atoms with Crippen molar-refractivity contribution in [3.63, 3.8) is 0 Å². The van der Waals surface area contributed by atoms with Crippen LogP contribution < -0.4 is 5.32 Å². The molecule has 0 aromatic carbocycles. The lowest BCUT2D eigenvalue weighted by Crippen LogP contribution is -2.51. The van der Waals surface area contributed by atoms with E-state index in [0.29, 0.717) is 5.91 Å². The first-order valence-electron chi connectivity index (χ1n) is 9.31. The van der Waals surface area contributed by atoms with Gasteiger partial charge in [0.25, 0.3) is 0 Å². The average molecular weight is 296 g/mol. The number of hydrogen-bond donors (Lipinski definition) is 1. The van der Waals surface area contributed by atoms with Crippen LogP contribution in [0.25, 0.3) is 0 Å². The van der Waals surface area contributed by atoms with Crippen molar-refractivity contribution in [2.24, 2.45) is 0 Å². The second-order valence-electron chi connectivity index (χ2n) is 6.45. The van der Waals surface area contributed by atoms with Gasteiger partial charge in [0.2, 0.25) is 5.91 Å². The predicted molar refractivity (Wildman–Crippen MR) is 90.5 cm³/mol. The monoisotopic (exact) mass is 296 g/mol. The molecule has 3 nitrogen and oxygen atoms in total. The Labute approximate surface area is 131 Å². The number of carbonyl (C=O) groups excluding carboxylic acids is 1. The minimum Gasteiger partial charge on any atom is -0.341 e. The molecule has 1 fully saturated rings. The summed E-state index contributed by atoms with van der Waals surface area (Å²) in [6.07, 6.45) is 13.9. The summed E-state index contributed by atoms with van der Waals surface area (Å²) in [5.74, 6) is 0.345. The number of nitrogens with zero attached hydrogens (tertiary/aromatic N) is 1. The van der Waals surface area contributed by atoms with Crippen LogP contribution in [0.4, 0.5) is 0 Å². The van der Waals surface area contributed by atoms with Crippen LogP contribution in [-0.2, 0) is 4.79 Å². The minimum absolute atomic E-state index is 0.0905. The van der Waals surface area contributed by atoms with Crippen molar-refractivity contribution >= 4 is 5.91 Å². The molecule has 0 aromatic rings. The van der Waals surface area contributed by atoms with Gasteiger partial charge in [0, 0.05) is 13.1 Å². The summed E-state index contributed by atoms with van der Waals surface area (Å²) in [4.78, 5) is 14.4. The Hall–Kier alpha value is -0.570. The van der Waals surface area contributed by atoms with Crippen LogP contribution in [-0.4, -0.2) is 36.5 Å². The van der Waals surface area contributed by atoms with Gasteiger partial charge in [-0.2, -0.15) is 0 Å². The van der Waals surface area contributed by atoms with Crippen molar-refractivity contribution in [3.8, 4) is 0 Å². The molecule has 0 saturated carbocycles. The van der Waals surface area contributed by atoms with Gasteiger partial charge in [-0.05, 0) is 32.2 Å². The summed E-state index contributed by atoms with van der Waals surface area (Å²) in [5, 5.41) is 3.39. The number of amides is 1. The van der Waals surface area contributed by atoms with Gasteiger partial charge in [-0.3, -0.25) is 4.79 Å². The maximum Gasteiger partial charge on any atom is 0.239 e. The third-order valence-corrected chi connectivity index (χ3v) is 4.45. The van der Waals surface area contributed by atoms with Crippen molar-refractivity contribution in [2.75, 3.05) is 19.6 Å². The van der Waals surface area contributed by atoms with Crippen molar-refractivity contribution in [1.29, 1.82) is 0 Å². The molecule has 0 aliphatic carbocycles. The molecule has 1 N–H and O–H groups in total. The molecule has 1 aliphatic heterocycles. The molecule has 21 heavy (non-hydrogen) atoms. The van der Waals surface area contributed by atoms with E-state index >= 15 is 0 Å². The second-order valence-corrected chi connectivity index (χ2v) is 6.45. The molecule has 0 radical (unpaired) electrons. The fourth-order valence-corrected chi connectivity index (χ4v) is 3.11.